The Kier molecular flexibility index (Phi) is 6.27. The lowest BCUT2D eigenvalue weighted by molar-refractivity contribution is 0.128. The highest BCUT2D eigenvalue weighted by Crippen LogP contribution is 2.21. The average Bonchev–Trinajstić information content (AvgIpc) is 2.42. The molecule has 0 amide bonds. The summed E-state index contributed by atoms with van der Waals surface area (Å²) in [4.78, 5) is 12.0. The number of methoxy groups -OCH3 is 1. The van der Waals surface area contributed by atoms with Crippen molar-refractivity contribution < 1.29 is 14.3 Å². The molecule has 114 valence electrons. The number of rotatable bonds is 7. The molecule has 0 saturated carbocycles. The molecule has 0 spiro atoms. The Morgan fingerprint density at radius 3 is 2.40 bits per heavy atom. The van der Waals surface area contributed by atoms with Gasteiger partial charge >= 0.3 is 0 Å². The van der Waals surface area contributed by atoms with Gasteiger partial charge < -0.3 is 14.3 Å². The van der Waals surface area contributed by atoms with Gasteiger partial charge in [-0.15, -0.1) is 0 Å². The fourth-order valence-corrected chi connectivity index (χ4v) is 2.19. The highest BCUT2D eigenvalue weighted by Gasteiger charge is 2.14. The summed E-state index contributed by atoms with van der Waals surface area (Å²) in [7, 11) is 1.51. The van der Waals surface area contributed by atoms with E-state index < -0.39 is 0 Å². The molecule has 1 heterocycles. The Labute approximate surface area is 120 Å². The van der Waals surface area contributed by atoms with Crippen LogP contribution < -0.4 is 10.2 Å². The van der Waals surface area contributed by atoms with Crippen molar-refractivity contribution in [1.82, 2.24) is 0 Å². The number of aryl methyl sites for hydroxylation is 1. The molecule has 0 aliphatic carbocycles. The maximum atomic E-state index is 12.0. The van der Waals surface area contributed by atoms with Crippen LogP contribution in [0, 0.1) is 19.8 Å². The summed E-state index contributed by atoms with van der Waals surface area (Å²) in [5.74, 6) is 1.32. The number of aliphatic hydroxyl groups is 1. The third kappa shape index (κ3) is 4.10. The zero-order valence-electron chi connectivity index (χ0n) is 13.2. The van der Waals surface area contributed by atoms with E-state index in [0.717, 1.165) is 25.7 Å². The molecule has 0 fully saturated rings. The van der Waals surface area contributed by atoms with Crippen LogP contribution in [0.4, 0.5) is 0 Å². The lowest BCUT2D eigenvalue weighted by atomic mass is 9.98. The lowest BCUT2D eigenvalue weighted by Crippen LogP contribution is -2.14. The van der Waals surface area contributed by atoms with Crippen LogP contribution in [0.3, 0.4) is 0 Å². The molecule has 1 N–H and O–H groups in total. The highest BCUT2D eigenvalue weighted by atomic mass is 16.6. The first kappa shape index (κ1) is 16.8. The van der Waals surface area contributed by atoms with Crippen molar-refractivity contribution in [2.75, 3.05) is 7.11 Å². The van der Waals surface area contributed by atoms with Crippen LogP contribution in [0.5, 0.6) is 5.95 Å². The van der Waals surface area contributed by atoms with Gasteiger partial charge in [0.1, 0.15) is 5.76 Å². The van der Waals surface area contributed by atoms with E-state index >= 15 is 0 Å². The zero-order chi connectivity index (χ0) is 15.3. The molecule has 0 bridgehead atoms. The van der Waals surface area contributed by atoms with Crippen LogP contribution in [0.15, 0.2) is 9.21 Å². The molecule has 0 aliphatic heterocycles. The monoisotopic (exact) mass is 282 g/mol. The third-order valence-electron chi connectivity index (χ3n) is 3.94. The van der Waals surface area contributed by atoms with Crippen LogP contribution in [-0.2, 0) is 6.42 Å². The maximum Gasteiger partial charge on any atom is 0.291 e. The molecule has 2 unspecified atom stereocenters. The Morgan fingerprint density at radius 2 is 1.85 bits per heavy atom. The molecule has 1 rings (SSSR count). The minimum absolute atomic E-state index is 0.000415. The molecule has 0 radical (unpaired) electrons. The van der Waals surface area contributed by atoms with Gasteiger partial charge in [-0.25, -0.2) is 0 Å². The van der Waals surface area contributed by atoms with Crippen LogP contribution in [0.1, 0.15) is 50.0 Å². The SMILES string of the molecule is COc1oc(CCCCC(C)C(C)O)c(C)c(=O)c1C. The summed E-state index contributed by atoms with van der Waals surface area (Å²) in [6.07, 6.45) is 3.38. The topological polar surface area (TPSA) is 59.7 Å². The molecular formula is C16H26O4. The van der Waals surface area contributed by atoms with Gasteiger partial charge in [-0.1, -0.05) is 13.3 Å². The Bertz CT molecular complexity index is 488. The van der Waals surface area contributed by atoms with E-state index in [0.29, 0.717) is 28.8 Å². The van der Waals surface area contributed by atoms with Gasteiger partial charge in [0.05, 0.1) is 18.8 Å². The minimum Gasteiger partial charge on any atom is -0.468 e. The molecule has 20 heavy (non-hydrogen) atoms. The zero-order valence-corrected chi connectivity index (χ0v) is 13.2. The number of hydrogen-bond acceptors (Lipinski definition) is 4. The van der Waals surface area contributed by atoms with E-state index in [-0.39, 0.29) is 11.5 Å². The van der Waals surface area contributed by atoms with Crippen molar-refractivity contribution in [3.05, 3.63) is 27.1 Å². The highest BCUT2D eigenvalue weighted by molar-refractivity contribution is 5.29. The van der Waals surface area contributed by atoms with Gasteiger partial charge in [-0.2, -0.15) is 0 Å². The van der Waals surface area contributed by atoms with Crippen molar-refractivity contribution in [1.29, 1.82) is 0 Å². The summed E-state index contributed by atoms with van der Waals surface area (Å²) in [6, 6.07) is 0. The van der Waals surface area contributed by atoms with Crippen molar-refractivity contribution in [2.45, 2.75) is 59.5 Å². The largest absolute Gasteiger partial charge is 0.468 e. The number of ether oxygens (including phenoxy) is 1. The van der Waals surface area contributed by atoms with Crippen LogP contribution in [0.2, 0.25) is 0 Å². The normalized spacial score (nSPS) is 14.1. The van der Waals surface area contributed by atoms with E-state index in [2.05, 4.69) is 0 Å². The third-order valence-corrected chi connectivity index (χ3v) is 3.94. The van der Waals surface area contributed by atoms with E-state index in [1.54, 1.807) is 13.8 Å². The molecule has 0 aromatic carbocycles. The predicted octanol–water partition coefficient (Wildman–Crippen LogP) is 2.99. The molecule has 1 aromatic rings. The Balaban J connectivity index is 2.65. The molecular weight excluding hydrogens is 256 g/mol. The first-order valence-electron chi connectivity index (χ1n) is 7.23. The van der Waals surface area contributed by atoms with Gasteiger partial charge in [0, 0.05) is 12.0 Å². The summed E-state index contributed by atoms with van der Waals surface area (Å²) >= 11 is 0. The van der Waals surface area contributed by atoms with Crippen molar-refractivity contribution >= 4 is 0 Å². The molecule has 1 aromatic heterocycles. The smallest absolute Gasteiger partial charge is 0.291 e. The van der Waals surface area contributed by atoms with Gasteiger partial charge in [-0.3, -0.25) is 4.79 Å². The van der Waals surface area contributed by atoms with E-state index in [1.165, 1.54) is 7.11 Å². The first-order chi connectivity index (χ1) is 9.38. The first-order valence-corrected chi connectivity index (χ1v) is 7.23. The summed E-state index contributed by atoms with van der Waals surface area (Å²) in [5, 5.41) is 9.44. The fraction of sp³-hybridized carbons (Fsp3) is 0.688. The second-order valence-electron chi connectivity index (χ2n) is 5.56. The molecule has 0 saturated heterocycles. The van der Waals surface area contributed by atoms with Crippen LogP contribution >= 0.6 is 0 Å². The standard InChI is InChI=1S/C16H26O4/c1-10(13(4)17)8-6-7-9-14-11(2)15(18)12(3)16(19-5)20-14/h10,13,17H,6-9H2,1-5H3. The van der Waals surface area contributed by atoms with Gasteiger partial charge in [-0.05, 0) is 39.5 Å². The number of hydrogen-bond donors (Lipinski definition) is 1. The van der Waals surface area contributed by atoms with Crippen LogP contribution in [0.25, 0.3) is 0 Å². The second-order valence-corrected chi connectivity index (χ2v) is 5.56. The van der Waals surface area contributed by atoms with E-state index in [9.17, 15) is 9.90 Å². The minimum atomic E-state index is -0.269. The van der Waals surface area contributed by atoms with Crippen molar-refractivity contribution in [3.63, 3.8) is 0 Å². The molecule has 0 aliphatic rings. The fourth-order valence-electron chi connectivity index (χ4n) is 2.19. The molecule has 4 heteroatoms. The van der Waals surface area contributed by atoms with Gasteiger partial charge in [0.2, 0.25) is 0 Å². The second kappa shape index (κ2) is 7.48. The van der Waals surface area contributed by atoms with Crippen LogP contribution in [-0.4, -0.2) is 18.3 Å². The van der Waals surface area contributed by atoms with Crippen molar-refractivity contribution in [2.24, 2.45) is 5.92 Å². The number of aliphatic hydroxyl groups excluding tert-OH is 1. The Hall–Kier alpha value is -1.29. The lowest BCUT2D eigenvalue weighted by Gasteiger charge is -2.14. The quantitative estimate of drug-likeness (QED) is 0.781. The molecule has 2 atom stereocenters. The maximum absolute atomic E-state index is 12.0. The summed E-state index contributed by atoms with van der Waals surface area (Å²) < 4.78 is 10.7. The average molecular weight is 282 g/mol. The summed E-state index contributed by atoms with van der Waals surface area (Å²) in [5.41, 5.74) is 1.20. The van der Waals surface area contributed by atoms with Crippen molar-refractivity contribution in [3.8, 4) is 5.95 Å². The number of unbranched alkanes of at least 4 members (excludes halogenated alkanes) is 1. The van der Waals surface area contributed by atoms with E-state index in [1.807, 2.05) is 13.8 Å². The van der Waals surface area contributed by atoms with Gasteiger partial charge in [0.25, 0.3) is 5.95 Å². The van der Waals surface area contributed by atoms with Gasteiger partial charge in [0.15, 0.2) is 5.43 Å². The predicted molar refractivity (Wildman–Crippen MR) is 79.4 cm³/mol. The Morgan fingerprint density at radius 1 is 1.20 bits per heavy atom. The molecule has 4 nitrogen and oxygen atoms in total. The van der Waals surface area contributed by atoms with E-state index in [4.69, 9.17) is 9.15 Å². The summed E-state index contributed by atoms with van der Waals surface area (Å²) in [6.45, 7) is 7.38.